The van der Waals surface area contributed by atoms with Gasteiger partial charge in [-0.3, -0.25) is 4.79 Å². The third-order valence-corrected chi connectivity index (χ3v) is 8.68. The lowest BCUT2D eigenvalue weighted by atomic mass is 9.96. The van der Waals surface area contributed by atoms with Crippen LogP contribution < -0.4 is 20.1 Å². The van der Waals surface area contributed by atoms with E-state index in [0.717, 1.165) is 51.2 Å². The molecule has 1 saturated carbocycles. The van der Waals surface area contributed by atoms with E-state index < -0.39 is 21.8 Å². The van der Waals surface area contributed by atoms with Crippen LogP contribution in [0.2, 0.25) is 0 Å². The number of halogens is 3. The predicted molar refractivity (Wildman–Crippen MR) is 153 cm³/mol. The number of alkyl halides is 3. The van der Waals surface area contributed by atoms with E-state index >= 15 is 0 Å². The summed E-state index contributed by atoms with van der Waals surface area (Å²) in [5, 5.41) is 5.98. The molecular weight excluding hydrogens is 573 g/mol. The van der Waals surface area contributed by atoms with Crippen molar-refractivity contribution in [3.63, 3.8) is 0 Å². The monoisotopic (exact) mass is 612 g/mol. The first-order chi connectivity index (χ1) is 19.8. The molecule has 0 radical (unpaired) electrons. The van der Waals surface area contributed by atoms with Gasteiger partial charge in [-0.25, -0.2) is 23.1 Å². The van der Waals surface area contributed by atoms with Gasteiger partial charge in [-0.15, -0.1) is 0 Å². The number of aromatic nitrogens is 2. The Morgan fingerprint density at radius 2 is 1.90 bits per heavy atom. The van der Waals surface area contributed by atoms with E-state index in [4.69, 9.17) is 4.74 Å². The number of nitrogens with one attached hydrogen (secondary N) is 3. The number of methoxy groups -OCH3 is 1. The molecule has 1 aromatic carbocycles. The highest BCUT2D eigenvalue weighted by molar-refractivity contribution is 7.88. The number of hydrogen-bond donors (Lipinski definition) is 3. The number of likely N-dealkylation sites (tertiary alicyclic amines) is 1. The molecule has 1 aliphatic heterocycles. The summed E-state index contributed by atoms with van der Waals surface area (Å²) in [4.78, 5) is 23.1. The van der Waals surface area contributed by atoms with Gasteiger partial charge in [-0.05, 0) is 89.2 Å². The van der Waals surface area contributed by atoms with E-state index in [9.17, 15) is 26.4 Å². The molecule has 3 N–H and O–H groups in total. The highest BCUT2D eigenvalue weighted by atomic mass is 32.2. The minimum Gasteiger partial charge on any atom is -0.495 e. The summed E-state index contributed by atoms with van der Waals surface area (Å²) in [6, 6.07) is 4.68. The standard InChI is InChI=1S/C28H39F3N6O4S/c1-37-14-12-20(13-15-37)33-26(38)19-10-11-24(25(16-19)41-2)35-27-32-17-21(28(29,30)31)23(34-27)9-5-7-18-6-4-8-22(18)36-42(3,39)40/h10-11,16-18,20,22,36H,4-9,12-15H2,1-3H3,(H,33,38)(H,32,34,35). The van der Waals surface area contributed by atoms with Gasteiger partial charge in [0.05, 0.1) is 30.3 Å². The molecule has 1 aliphatic carbocycles. The predicted octanol–water partition coefficient (Wildman–Crippen LogP) is 4.11. The zero-order valence-electron chi connectivity index (χ0n) is 24.1. The molecule has 232 valence electrons. The van der Waals surface area contributed by atoms with Gasteiger partial charge in [0, 0.05) is 23.8 Å². The number of aryl methyl sites for hydroxylation is 1. The van der Waals surface area contributed by atoms with Gasteiger partial charge in [0.15, 0.2) is 0 Å². The van der Waals surface area contributed by atoms with Crippen molar-refractivity contribution in [1.82, 2.24) is 24.9 Å². The van der Waals surface area contributed by atoms with E-state index in [2.05, 4.69) is 30.2 Å². The Morgan fingerprint density at radius 1 is 1.17 bits per heavy atom. The molecule has 0 spiro atoms. The van der Waals surface area contributed by atoms with E-state index in [1.807, 2.05) is 7.05 Å². The molecule has 42 heavy (non-hydrogen) atoms. The SMILES string of the molecule is COc1cc(C(=O)NC2CCN(C)CC2)ccc1Nc1ncc(C(F)(F)F)c(CCCC2CCCC2NS(C)(=O)=O)n1. The van der Waals surface area contributed by atoms with Crippen molar-refractivity contribution in [2.24, 2.45) is 5.92 Å². The Bertz CT molecular complexity index is 1350. The zero-order valence-corrected chi connectivity index (χ0v) is 24.9. The Kier molecular flexibility index (Phi) is 10.3. The molecule has 14 heteroatoms. The fourth-order valence-corrected chi connectivity index (χ4v) is 6.59. The van der Waals surface area contributed by atoms with Crippen molar-refractivity contribution in [2.45, 2.75) is 69.6 Å². The molecule has 2 aliphatic rings. The summed E-state index contributed by atoms with van der Waals surface area (Å²) in [7, 11) is 0.121. The Balaban J connectivity index is 1.44. The molecule has 10 nitrogen and oxygen atoms in total. The first kappa shape index (κ1) is 32.0. The van der Waals surface area contributed by atoms with Crippen molar-refractivity contribution in [1.29, 1.82) is 0 Å². The number of anilines is 2. The van der Waals surface area contributed by atoms with Crippen LogP contribution in [0, 0.1) is 5.92 Å². The molecule has 1 saturated heterocycles. The van der Waals surface area contributed by atoms with Crippen LogP contribution in [0.25, 0.3) is 0 Å². The van der Waals surface area contributed by atoms with Gasteiger partial charge < -0.3 is 20.3 Å². The number of ether oxygens (including phenoxy) is 1. The first-order valence-corrected chi connectivity index (χ1v) is 16.1. The largest absolute Gasteiger partial charge is 0.495 e. The molecule has 2 fully saturated rings. The van der Waals surface area contributed by atoms with E-state index in [1.54, 1.807) is 18.2 Å². The molecule has 1 aromatic heterocycles. The number of rotatable bonds is 11. The van der Waals surface area contributed by atoms with E-state index in [-0.39, 0.29) is 42.0 Å². The molecule has 2 heterocycles. The molecule has 2 unspecified atom stereocenters. The first-order valence-electron chi connectivity index (χ1n) is 14.2. The summed E-state index contributed by atoms with van der Waals surface area (Å²) in [6.45, 7) is 1.82. The summed E-state index contributed by atoms with van der Waals surface area (Å²) in [5.41, 5.74) is -0.238. The van der Waals surface area contributed by atoms with Gasteiger partial charge >= 0.3 is 6.18 Å². The van der Waals surface area contributed by atoms with E-state index in [0.29, 0.717) is 36.3 Å². The number of carbonyl (C=O) groups is 1. The maximum Gasteiger partial charge on any atom is 0.419 e. The minimum atomic E-state index is -4.62. The lowest BCUT2D eigenvalue weighted by Gasteiger charge is -2.29. The van der Waals surface area contributed by atoms with Crippen molar-refractivity contribution >= 4 is 27.6 Å². The Morgan fingerprint density at radius 3 is 2.57 bits per heavy atom. The van der Waals surface area contributed by atoms with Crippen LogP contribution in [-0.4, -0.2) is 74.8 Å². The van der Waals surface area contributed by atoms with Crippen molar-refractivity contribution < 1.29 is 31.1 Å². The van der Waals surface area contributed by atoms with Crippen LogP contribution in [-0.2, 0) is 22.6 Å². The lowest BCUT2D eigenvalue weighted by molar-refractivity contribution is -0.138. The number of nitrogens with zero attached hydrogens (tertiary/aromatic N) is 3. The van der Waals surface area contributed by atoms with Crippen LogP contribution >= 0.6 is 0 Å². The third-order valence-electron chi connectivity index (χ3n) is 7.95. The maximum absolute atomic E-state index is 13.8. The number of benzene rings is 1. The summed E-state index contributed by atoms with van der Waals surface area (Å²) >= 11 is 0. The fourth-order valence-electron chi connectivity index (χ4n) is 5.73. The third kappa shape index (κ3) is 8.77. The number of carbonyl (C=O) groups excluding carboxylic acids is 1. The van der Waals surface area contributed by atoms with Gasteiger partial charge in [-0.1, -0.05) is 6.42 Å². The molecule has 1 amide bonds. The van der Waals surface area contributed by atoms with Crippen LogP contribution in [0.3, 0.4) is 0 Å². The van der Waals surface area contributed by atoms with Crippen LogP contribution in [0.15, 0.2) is 24.4 Å². The van der Waals surface area contributed by atoms with Gasteiger partial charge in [0.25, 0.3) is 5.91 Å². The second-order valence-corrected chi connectivity index (χ2v) is 13.0. The highest BCUT2D eigenvalue weighted by Crippen LogP contribution is 2.35. The van der Waals surface area contributed by atoms with Gasteiger partial charge in [0.1, 0.15) is 5.75 Å². The second-order valence-electron chi connectivity index (χ2n) is 11.2. The molecule has 2 atom stereocenters. The Labute approximate surface area is 244 Å². The summed E-state index contributed by atoms with van der Waals surface area (Å²) < 4.78 is 72.8. The number of hydrogen-bond acceptors (Lipinski definition) is 8. The van der Waals surface area contributed by atoms with Crippen LogP contribution in [0.4, 0.5) is 24.8 Å². The van der Waals surface area contributed by atoms with Crippen molar-refractivity contribution in [3.8, 4) is 5.75 Å². The molecule has 2 aromatic rings. The second kappa shape index (κ2) is 13.6. The molecule has 0 bridgehead atoms. The number of sulfonamides is 1. The normalized spacial score (nSPS) is 20.4. The molecular formula is C28H39F3N6O4S. The maximum atomic E-state index is 13.8. The average molecular weight is 613 g/mol. The topological polar surface area (TPSA) is 126 Å². The average Bonchev–Trinajstić information content (AvgIpc) is 3.34. The zero-order chi connectivity index (χ0) is 30.5. The van der Waals surface area contributed by atoms with Crippen molar-refractivity contribution in [2.75, 3.05) is 38.8 Å². The van der Waals surface area contributed by atoms with Crippen LogP contribution in [0.1, 0.15) is 66.6 Å². The number of piperidine rings is 1. The highest BCUT2D eigenvalue weighted by Gasteiger charge is 2.35. The molecule has 4 rings (SSSR count). The van der Waals surface area contributed by atoms with Crippen LogP contribution in [0.5, 0.6) is 5.75 Å². The lowest BCUT2D eigenvalue weighted by Crippen LogP contribution is -2.43. The summed E-state index contributed by atoms with van der Waals surface area (Å²) in [6.07, 6.45) is 2.44. The summed E-state index contributed by atoms with van der Waals surface area (Å²) in [5.74, 6) is 0.130. The van der Waals surface area contributed by atoms with Gasteiger partial charge in [-0.2, -0.15) is 13.2 Å². The van der Waals surface area contributed by atoms with Gasteiger partial charge in [0.2, 0.25) is 16.0 Å². The smallest absolute Gasteiger partial charge is 0.419 e. The number of amides is 1. The van der Waals surface area contributed by atoms with Crippen molar-refractivity contribution in [3.05, 3.63) is 41.2 Å². The Hall–Kier alpha value is -2.97. The van der Waals surface area contributed by atoms with E-state index in [1.165, 1.54) is 7.11 Å². The fraction of sp³-hybridized carbons (Fsp3) is 0.607. The minimum absolute atomic E-state index is 0.0303. The quantitative estimate of drug-likeness (QED) is 0.346.